The molecule has 4 heteroatoms. The lowest BCUT2D eigenvalue weighted by Gasteiger charge is -2.23. The molecular weight excluding hydrogens is 226 g/mol. The third-order valence-corrected chi connectivity index (χ3v) is 3.21. The average Bonchev–Trinajstić information content (AvgIpc) is 2.35. The molecule has 0 spiro atoms. The first-order chi connectivity index (χ1) is 8.56. The normalized spacial score (nSPS) is 12.9. The van der Waals surface area contributed by atoms with Gasteiger partial charge >= 0.3 is 0 Å². The number of likely N-dealkylation sites (N-methyl/N-ethyl adjacent to an activating group) is 1. The summed E-state index contributed by atoms with van der Waals surface area (Å²) in [6.45, 7) is 12.1. The lowest BCUT2D eigenvalue weighted by molar-refractivity contribution is 0.270. The predicted molar refractivity (Wildman–Crippen MR) is 75.9 cm³/mol. The molecule has 1 aromatic heterocycles. The Balaban J connectivity index is 2.47. The van der Waals surface area contributed by atoms with Gasteiger partial charge in [0.2, 0.25) is 0 Å². The van der Waals surface area contributed by atoms with Crippen molar-refractivity contribution in [2.24, 2.45) is 0 Å². The highest BCUT2D eigenvalue weighted by Crippen LogP contribution is 1.95. The largest absolute Gasteiger partial charge is 0.365 e. The summed E-state index contributed by atoms with van der Waals surface area (Å²) in [7, 11) is 0. The molecular formula is C14H25N3O. The number of aryl methyl sites for hydroxylation is 1. The molecule has 0 aromatic carbocycles. The van der Waals surface area contributed by atoms with E-state index in [4.69, 9.17) is 0 Å². The van der Waals surface area contributed by atoms with E-state index in [9.17, 15) is 4.79 Å². The SMILES string of the molecule is CCN(CC)CC(C)NCc1c[nH]c(C)cc1=O. The molecule has 0 saturated carbocycles. The number of H-pyrrole nitrogens is 1. The van der Waals surface area contributed by atoms with E-state index in [-0.39, 0.29) is 5.43 Å². The van der Waals surface area contributed by atoms with Crippen LogP contribution in [-0.2, 0) is 6.54 Å². The summed E-state index contributed by atoms with van der Waals surface area (Å²) < 4.78 is 0. The van der Waals surface area contributed by atoms with Gasteiger partial charge in [-0.3, -0.25) is 4.79 Å². The molecule has 4 nitrogen and oxygen atoms in total. The Kier molecular flexibility index (Phi) is 6.09. The molecule has 102 valence electrons. The molecule has 1 rings (SSSR count). The van der Waals surface area contributed by atoms with Crippen molar-refractivity contribution in [2.75, 3.05) is 19.6 Å². The fraction of sp³-hybridized carbons (Fsp3) is 0.643. The first kappa shape index (κ1) is 14.9. The number of rotatable bonds is 7. The molecule has 1 atom stereocenters. The van der Waals surface area contributed by atoms with Crippen molar-refractivity contribution in [1.82, 2.24) is 15.2 Å². The van der Waals surface area contributed by atoms with Gasteiger partial charge in [0.25, 0.3) is 0 Å². The Morgan fingerprint density at radius 3 is 2.61 bits per heavy atom. The molecule has 1 aromatic rings. The number of nitrogens with one attached hydrogen (secondary N) is 2. The van der Waals surface area contributed by atoms with Crippen molar-refractivity contribution in [3.8, 4) is 0 Å². The number of hydrogen-bond acceptors (Lipinski definition) is 3. The Morgan fingerprint density at radius 2 is 2.06 bits per heavy atom. The van der Waals surface area contributed by atoms with Crippen LogP contribution in [0.1, 0.15) is 32.0 Å². The summed E-state index contributed by atoms with van der Waals surface area (Å²) in [6.07, 6.45) is 1.80. The summed E-state index contributed by atoms with van der Waals surface area (Å²) in [4.78, 5) is 17.2. The van der Waals surface area contributed by atoms with Crippen LogP contribution < -0.4 is 10.7 Å². The van der Waals surface area contributed by atoms with Crippen LogP contribution in [-0.4, -0.2) is 35.6 Å². The van der Waals surface area contributed by atoms with E-state index in [2.05, 4.69) is 36.0 Å². The highest BCUT2D eigenvalue weighted by molar-refractivity contribution is 5.13. The van der Waals surface area contributed by atoms with E-state index in [0.29, 0.717) is 12.6 Å². The van der Waals surface area contributed by atoms with E-state index in [1.54, 1.807) is 12.3 Å². The average molecular weight is 251 g/mol. The van der Waals surface area contributed by atoms with Gasteiger partial charge in [-0.2, -0.15) is 0 Å². The van der Waals surface area contributed by atoms with Crippen molar-refractivity contribution in [2.45, 2.75) is 40.3 Å². The van der Waals surface area contributed by atoms with Gasteiger partial charge in [0.15, 0.2) is 5.43 Å². The summed E-state index contributed by atoms with van der Waals surface area (Å²) in [5.74, 6) is 0. The smallest absolute Gasteiger partial charge is 0.186 e. The van der Waals surface area contributed by atoms with Gasteiger partial charge in [0, 0.05) is 42.7 Å². The van der Waals surface area contributed by atoms with Crippen LogP contribution in [0.5, 0.6) is 0 Å². The maximum atomic E-state index is 11.7. The van der Waals surface area contributed by atoms with E-state index in [1.165, 1.54) is 0 Å². The molecule has 1 unspecified atom stereocenters. The molecule has 0 amide bonds. The minimum absolute atomic E-state index is 0.105. The topological polar surface area (TPSA) is 48.1 Å². The number of nitrogens with zero attached hydrogens (tertiary/aromatic N) is 1. The second kappa shape index (κ2) is 7.34. The standard InChI is InChI=1S/C14H25N3O/c1-5-17(6-2)10-12(4)16-9-13-8-15-11(3)7-14(13)18/h7-8,12,16H,5-6,9-10H2,1-4H3,(H,15,18). The molecule has 18 heavy (non-hydrogen) atoms. The fourth-order valence-corrected chi connectivity index (χ4v) is 1.96. The number of aromatic amines is 1. The first-order valence-electron chi connectivity index (χ1n) is 6.70. The van der Waals surface area contributed by atoms with Crippen molar-refractivity contribution in [3.05, 3.63) is 33.7 Å². The van der Waals surface area contributed by atoms with Crippen LogP contribution in [0.25, 0.3) is 0 Å². The van der Waals surface area contributed by atoms with Crippen LogP contribution in [0, 0.1) is 6.92 Å². The summed E-state index contributed by atoms with van der Waals surface area (Å²) in [5, 5.41) is 3.40. The van der Waals surface area contributed by atoms with E-state index < -0.39 is 0 Å². The van der Waals surface area contributed by atoms with Crippen LogP contribution in [0.2, 0.25) is 0 Å². The number of aromatic nitrogens is 1. The van der Waals surface area contributed by atoms with Crippen molar-refractivity contribution in [1.29, 1.82) is 0 Å². The fourth-order valence-electron chi connectivity index (χ4n) is 1.96. The van der Waals surface area contributed by atoms with Gasteiger partial charge in [-0.05, 0) is 26.9 Å². The van der Waals surface area contributed by atoms with Gasteiger partial charge in [-0.15, -0.1) is 0 Å². The Hall–Kier alpha value is -1.13. The second-order valence-corrected chi connectivity index (χ2v) is 4.77. The van der Waals surface area contributed by atoms with Crippen LogP contribution in [0.3, 0.4) is 0 Å². The summed E-state index contributed by atoms with van der Waals surface area (Å²) >= 11 is 0. The Labute approximate surface area is 109 Å². The third-order valence-electron chi connectivity index (χ3n) is 3.21. The molecule has 0 radical (unpaired) electrons. The van der Waals surface area contributed by atoms with Gasteiger partial charge in [0.05, 0.1) is 0 Å². The van der Waals surface area contributed by atoms with Gasteiger partial charge in [-0.25, -0.2) is 0 Å². The molecule has 0 bridgehead atoms. The number of pyridine rings is 1. The van der Waals surface area contributed by atoms with Crippen LogP contribution in [0.4, 0.5) is 0 Å². The van der Waals surface area contributed by atoms with Crippen LogP contribution >= 0.6 is 0 Å². The van der Waals surface area contributed by atoms with Crippen molar-refractivity contribution >= 4 is 0 Å². The molecule has 2 N–H and O–H groups in total. The highest BCUT2D eigenvalue weighted by atomic mass is 16.1. The minimum Gasteiger partial charge on any atom is -0.365 e. The molecule has 1 heterocycles. The van der Waals surface area contributed by atoms with Crippen LogP contribution in [0.15, 0.2) is 17.1 Å². The van der Waals surface area contributed by atoms with Gasteiger partial charge in [-0.1, -0.05) is 13.8 Å². The zero-order valence-corrected chi connectivity index (χ0v) is 11.9. The van der Waals surface area contributed by atoms with Crippen molar-refractivity contribution < 1.29 is 0 Å². The first-order valence-corrected chi connectivity index (χ1v) is 6.70. The Bertz CT molecular complexity index is 410. The molecule has 0 aliphatic rings. The second-order valence-electron chi connectivity index (χ2n) is 4.77. The third kappa shape index (κ3) is 4.63. The van der Waals surface area contributed by atoms with E-state index >= 15 is 0 Å². The molecule has 0 aliphatic carbocycles. The quantitative estimate of drug-likeness (QED) is 0.772. The number of hydrogen-bond donors (Lipinski definition) is 2. The molecule has 0 saturated heterocycles. The zero-order chi connectivity index (χ0) is 13.5. The predicted octanol–water partition coefficient (Wildman–Crippen LogP) is 1.50. The maximum absolute atomic E-state index is 11.7. The molecule has 0 fully saturated rings. The highest BCUT2D eigenvalue weighted by Gasteiger charge is 2.07. The van der Waals surface area contributed by atoms with E-state index in [0.717, 1.165) is 30.9 Å². The monoisotopic (exact) mass is 251 g/mol. The maximum Gasteiger partial charge on any atom is 0.186 e. The lowest BCUT2D eigenvalue weighted by Crippen LogP contribution is -2.39. The van der Waals surface area contributed by atoms with Gasteiger partial charge in [0.1, 0.15) is 0 Å². The van der Waals surface area contributed by atoms with Gasteiger partial charge < -0.3 is 15.2 Å². The zero-order valence-electron chi connectivity index (χ0n) is 11.9. The Morgan fingerprint density at radius 1 is 1.39 bits per heavy atom. The van der Waals surface area contributed by atoms with Crippen molar-refractivity contribution in [3.63, 3.8) is 0 Å². The van der Waals surface area contributed by atoms with E-state index in [1.807, 2.05) is 6.92 Å². The summed E-state index contributed by atoms with van der Waals surface area (Å²) in [5.41, 5.74) is 1.81. The molecule has 0 aliphatic heterocycles. The summed E-state index contributed by atoms with van der Waals surface area (Å²) in [6, 6.07) is 2.03. The minimum atomic E-state index is 0.105. The lowest BCUT2D eigenvalue weighted by atomic mass is 10.2.